The standard InChI is InChI=1S/C16H18N4O/c1-11-8-12-4-2-3-5-14(12)20(10-11)16(21)13-6-7-18-15(9-13)19-17/h2-7,9,11H,8,10,17H2,1H3,(H,18,19). The summed E-state index contributed by atoms with van der Waals surface area (Å²) in [6.07, 6.45) is 2.59. The molecule has 2 aromatic rings. The lowest BCUT2D eigenvalue weighted by atomic mass is 9.93. The van der Waals surface area contributed by atoms with Crippen LogP contribution in [0.5, 0.6) is 0 Å². The third kappa shape index (κ3) is 2.60. The van der Waals surface area contributed by atoms with E-state index < -0.39 is 0 Å². The van der Waals surface area contributed by atoms with Crippen molar-refractivity contribution in [3.63, 3.8) is 0 Å². The van der Waals surface area contributed by atoms with Gasteiger partial charge in [0.15, 0.2) is 0 Å². The second-order valence-electron chi connectivity index (χ2n) is 5.43. The zero-order valence-electron chi connectivity index (χ0n) is 11.9. The number of nitrogens with two attached hydrogens (primary N) is 1. The maximum Gasteiger partial charge on any atom is 0.258 e. The number of hydrogen-bond acceptors (Lipinski definition) is 4. The van der Waals surface area contributed by atoms with Crippen molar-refractivity contribution >= 4 is 17.4 Å². The van der Waals surface area contributed by atoms with Gasteiger partial charge in [0.05, 0.1) is 0 Å². The molecule has 1 aromatic heterocycles. The first-order chi connectivity index (χ1) is 10.2. The third-order valence-electron chi connectivity index (χ3n) is 3.74. The van der Waals surface area contributed by atoms with Gasteiger partial charge in [0.25, 0.3) is 5.91 Å². The monoisotopic (exact) mass is 282 g/mol. The molecule has 1 aromatic carbocycles. The summed E-state index contributed by atoms with van der Waals surface area (Å²) in [5, 5.41) is 0. The summed E-state index contributed by atoms with van der Waals surface area (Å²) in [7, 11) is 0. The molecule has 3 N–H and O–H groups in total. The highest BCUT2D eigenvalue weighted by molar-refractivity contribution is 6.07. The van der Waals surface area contributed by atoms with Crippen molar-refractivity contribution in [1.29, 1.82) is 0 Å². The summed E-state index contributed by atoms with van der Waals surface area (Å²) >= 11 is 0. The Morgan fingerprint density at radius 1 is 1.38 bits per heavy atom. The Morgan fingerprint density at radius 3 is 3.00 bits per heavy atom. The fraction of sp³-hybridized carbons (Fsp3) is 0.250. The number of rotatable bonds is 2. The number of fused-ring (bicyclic) bond motifs is 1. The molecule has 0 radical (unpaired) electrons. The molecule has 0 aliphatic carbocycles. The first kappa shape index (κ1) is 13.6. The van der Waals surface area contributed by atoms with Crippen LogP contribution in [0.2, 0.25) is 0 Å². The number of carbonyl (C=O) groups is 1. The highest BCUT2D eigenvalue weighted by atomic mass is 16.2. The van der Waals surface area contributed by atoms with E-state index in [9.17, 15) is 4.79 Å². The zero-order valence-corrected chi connectivity index (χ0v) is 11.9. The fourth-order valence-corrected chi connectivity index (χ4v) is 2.79. The summed E-state index contributed by atoms with van der Waals surface area (Å²) in [6.45, 7) is 2.89. The number of para-hydroxylation sites is 1. The van der Waals surface area contributed by atoms with Crippen LogP contribution in [0.3, 0.4) is 0 Å². The van der Waals surface area contributed by atoms with Crippen molar-refractivity contribution in [3.05, 3.63) is 53.7 Å². The number of nitrogens with zero attached hydrogens (tertiary/aromatic N) is 2. The Kier molecular flexibility index (Phi) is 3.58. The van der Waals surface area contributed by atoms with Crippen LogP contribution in [-0.4, -0.2) is 17.4 Å². The molecule has 3 rings (SSSR count). The molecule has 2 heterocycles. The van der Waals surface area contributed by atoms with Gasteiger partial charge in [-0.15, -0.1) is 0 Å². The molecule has 5 heteroatoms. The quantitative estimate of drug-likeness (QED) is 0.654. The number of hydrazine groups is 1. The molecule has 0 bridgehead atoms. The van der Waals surface area contributed by atoms with E-state index in [0.29, 0.717) is 17.3 Å². The van der Waals surface area contributed by atoms with Crippen LogP contribution >= 0.6 is 0 Å². The van der Waals surface area contributed by atoms with Gasteiger partial charge in [0, 0.05) is 24.0 Å². The van der Waals surface area contributed by atoms with Crippen LogP contribution in [0, 0.1) is 5.92 Å². The molecular weight excluding hydrogens is 264 g/mol. The highest BCUT2D eigenvalue weighted by Gasteiger charge is 2.26. The minimum atomic E-state index is -0.0205. The van der Waals surface area contributed by atoms with Crippen LogP contribution in [0.25, 0.3) is 0 Å². The van der Waals surface area contributed by atoms with Crippen LogP contribution in [0.1, 0.15) is 22.8 Å². The Hall–Kier alpha value is -2.40. The SMILES string of the molecule is CC1Cc2ccccc2N(C(=O)c2ccnc(NN)c2)C1. The number of nitrogen functional groups attached to an aromatic ring is 1. The van der Waals surface area contributed by atoms with Gasteiger partial charge in [-0.2, -0.15) is 0 Å². The number of hydrogen-bond donors (Lipinski definition) is 2. The van der Waals surface area contributed by atoms with E-state index in [2.05, 4.69) is 23.4 Å². The first-order valence-electron chi connectivity index (χ1n) is 7.01. The van der Waals surface area contributed by atoms with Crippen LogP contribution in [0.4, 0.5) is 11.5 Å². The van der Waals surface area contributed by atoms with Gasteiger partial charge >= 0.3 is 0 Å². The molecule has 1 amide bonds. The van der Waals surface area contributed by atoms with Gasteiger partial charge in [0.1, 0.15) is 5.82 Å². The van der Waals surface area contributed by atoms with E-state index in [0.717, 1.165) is 18.7 Å². The van der Waals surface area contributed by atoms with E-state index in [1.807, 2.05) is 23.1 Å². The van der Waals surface area contributed by atoms with Crippen molar-refractivity contribution in [2.45, 2.75) is 13.3 Å². The Labute approximate surface area is 123 Å². The normalized spacial score (nSPS) is 17.2. The van der Waals surface area contributed by atoms with Crippen molar-refractivity contribution < 1.29 is 4.79 Å². The predicted molar refractivity (Wildman–Crippen MR) is 83.0 cm³/mol. The lowest BCUT2D eigenvalue weighted by Gasteiger charge is -2.33. The average Bonchev–Trinajstić information content (AvgIpc) is 2.53. The molecule has 1 atom stereocenters. The molecule has 0 saturated carbocycles. The highest BCUT2D eigenvalue weighted by Crippen LogP contribution is 2.30. The maximum atomic E-state index is 12.8. The number of amides is 1. The predicted octanol–water partition coefficient (Wildman–Crippen LogP) is 2.21. The fourth-order valence-electron chi connectivity index (χ4n) is 2.79. The minimum absolute atomic E-state index is 0.0205. The molecule has 1 aliphatic heterocycles. The number of anilines is 2. The topological polar surface area (TPSA) is 71.2 Å². The van der Waals surface area contributed by atoms with Gasteiger partial charge in [0.2, 0.25) is 0 Å². The zero-order chi connectivity index (χ0) is 14.8. The van der Waals surface area contributed by atoms with E-state index in [-0.39, 0.29) is 5.91 Å². The Bertz CT molecular complexity index is 671. The third-order valence-corrected chi connectivity index (χ3v) is 3.74. The van der Waals surface area contributed by atoms with Gasteiger partial charge in [-0.25, -0.2) is 10.8 Å². The van der Waals surface area contributed by atoms with Crippen molar-refractivity contribution in [3.8, 4) is 0 Å². The maximum absolute atomic E-state index is 12.8. The molecule has 5 nitrogen and oxygen atoms in total. The van der Waals surface area contributed by atoms with Crippen molar-refractivity contribution in [1.82, 2.24) is 4.98 Å². The summed E-state index contributed by atoms with van der Waals surface area (Å²) in [6, 6.07) is 11.5. The molecule has 0 fully saturated rings. The second-order valence-corrected chi connectivity index (χ2v) is 5.43. The van der Waals surface area contributed by atoms with Gasteiger partial charge < -0.3 is 10.3 Å². The van der Waals surface area contributed by atoms with Crippen molar-refractivity contribution in [2.24, 2.45) is 11.8 Å². The number of pyridine rings is 1. The van der Waals surface area contributed by atoms with E-state index in [1.54, 1.807) is 18.3 Å². The minimum Gasteiger partial charge on any atom is -0.308 e. The molecule has 0 saturated heterocycles. The molecular formula is C16H18N4O. The van der Waals surface area contributed by atoms with E-state index in [1.165, 1.54) is 5.56 Å². The lowest BCUT2D eigenvalue weighted by molar-refractivity contribution is 0.0981. The number of benzene rings is 1. The summed E-state index contributed by atoms with van der Waals surface area (Å²) < 4.78 is 0. The molecule has 21 heavy (non-hydrogen) atoms. The van der Waals surface area contributed by atoms with E-state index in [4.69, 9.17) is 5.84 Å². The van der Waals surface area contributed by atoms with Crippen molar-refractivity contribution in [2.75, 3.05) is 16.9 Å². The summed E-state index contributed by atoms with van der Waals surface area (Å²) in [5.74, 6) is 6.27. The average molecular weight is 282 g/mol. The summed E-state index contributed by atoms with van der Waals surface area (Å²) in [4.78, 5) is 18.7. The Morgan fingerprint density at radius 2 is 2.19 bits per heavy atom. The largest absolute Gasteiger partial charge is 0.308 e. The van der Waals surface area contributed by atoms with Gasteiger partial charge in [-0.3, -0.25) is 4.79 Å². The molecule has 0 spiro atoms. The van der Waals surface area contributed by atoms with E-state index >= 15 is 0 Å². The van der Waals surface area contributed by atoms with Gasteiger partial charge in [-0.1, -0.05) is 25.1 Å². The van der Waals surface area contributed by atoms with Gasteiger partial charge in [-0.05, 0) is 36.1 Å². The number of carbonyl (C=O) groups excluding carboxylic acids is 1. The molecule has 1 unspecified atom stereocenters. The smallest absolute Gasteiger partial charge is 0.258 e. The number of aromatic nitrogens is 1. The number of nitrogens with one attached hydrogen (secondary N) is 1. The van der Waals surface area contributed by atoms with Crippen LogP contribution in [0.15, 0.2) is 42.6 Å². The Balaban J connectivity index is 1.97. The first-order valence-corrected chi connectivity index (χ1v) is 7.01. The van der Waals surface area contributed by atoms with Crippen LogP contribution in [-0.2, 0) is 6.42 Å². The molecule has 108 valence electrons. The molecule has 1 aliphatic rings. The van der Waals surface area contributed by atoms with Crippen LogP contribution < -0.4 is 16.2 Å². The summed E-state index contributed by atoms with van der Waals surface area (Å²) in [5.41, 5.74) is 5.27. The second kappa shape index (κ2) is 5.54. The lowest BCUT2D eigenvalue weighted by Crippen LogP contribution is -2.39.